The number of hydrogen-bond acceptors (Lipinski definition) is 4. The average molecular weight is 473 g/mol. The van der Waals surface area contributed by atoms with Gasteiger partial charge in [0.1, 0.15) is 23.3 Å². The van der Waals surface area contributed by atoms with E-state index >= 15 is 0 Å². The van der Waals surface area contributed by atoms with Crippen LogP contribution in [-0.4, -0.2) is 42.9 Å². The standard InChI is InChI=1S/C19H22FNO3.CH3I/c1-23-17-8-3-2-5-14(17)12-19(22,18-13-21-9-10-24-18)15-6-4-7-16(20)11-15;1-2/h2-8,11,18,21-22H,9-10,12-13H2,1H3;1H3/t18-,19-;/m1./s1. The Kier molecular flexibility index (Phi) is 8.27. The molecule has 4 nitrogen and oxygen atoms in total. The molecule has 2 aromatic carbocycles. The second-order valence-electron chi connectivity index (χ2n) is 5.99. The number of benzene rings is 2. The molecule has 1 saturated heterocycles. The van der Waals surface area contributed by atoms with Crippen LogP contribution in [0, 0.1) is 5.82 Å². The summed E-state index contributed by atoms with van der Waals surface area (Å²) in [5.74, 6) is 0.311. The molecule has 26 heavy (non-hydrogen) atoms. The lowest BCUT2D eigenvalue weighted by Gasteiger charge is -2.39. The van der Waals surface area contributed by atoms with E-state index in [-0.39, 0.29) is 12.2 Å². The number of ether oxygens (including phenoxy) is 2. The number of hydrogen-bond donors (Lipinski definition) is 2. The molecular formula is C20H25FINO3. The van der Waals surface area contributed by atoms with Crippen molar-refractivity contribution < 1.29 is 19.0 Å². The van der Waals surface area contributed by atoms with Gasteiger partial charge in [-0.15, -0.1) is 0 Å². The van der Waals surface area contributed by atoms with Gasteiger partial charge in [-0.3, -0.25) is 0 Å². The van der Waals surface area contributed by atoms with Crippen molar-refractivity contribution in [1.29, 1.82) is 0 Å². The molecule has 1 heterocycles. The van der Waals surface area contributed by atoms with Crippen LogP contribution in [0.4, 0.5) is 4.39 Å². The van der Waals surface area contributed by atoms with Gasteiger partial charge in [0.15, 0.2) is 0 Å². The summed E-state index contributed by atoms with van der Waals surface area (Å²) in [5, 5.41) is 14.7. The third-order valence-electron chi connectivity index (χ3n) is 4.44. The van der Waals surface area contributed by atoms with E-state index in [9.17, 15) is 9.50 Å². The van der Waals surface area contributed by atoms with Gasteiger partial charge < -0.3 is 19.9 Å². The Bertz CT molecular complexity index is 694. The summed E-state index contributed by atoms with van der Waals surface area (Å²) < 4.78 is 25.0. The first kappa shape index (κ1) is 21.1. The maximum Gasteiger partial charge on any atom is 0.123 e. The Labute approximate surface area is 167 Å². The molecule has 1 fully saturated rings. The zero-order chi connectivity index (χ0) is 19.0. The van der Waals surface area contributed by atoms with E-state index in [4.69, 9.17) is 9.47 Å². The molecule has 0 bridgehead atoms. The van der Waals surface area contributed by atoms with Gasteiger partial charge in [0.25, 0.3) is 0 Å². The zero-order valence-corrected chi connectivity index (χ0v) is 17.2. The van der Waals surface area contributed by atoms with E-state index in [1.807, 2.05) is 29.2 Å². The number of nitrogens with one attached hydrogen (secondary N) is 1. The van der Waals surface area contributed by atoms with Crippen molar-refractivity contribution in [3.05, 3.63) is 65.5 Å². The Hall–Kier alpha value is -1.22. The average Bonchev–Trinajstić information content (AvgIpc) is 2.70. The van der Waals surface area contributed by atoms with Crippen molar-refractivity contribution in [3.63, 3.8) is 0 Å². The van der Waals surface area contributed by atoms with Crippen LogP contribution in [0.2, 0.25) is 0 Å². The number of halogens is 2. The topological polar surface area (TPSA) is 50.7 Å². The molecule has 1 aliphatic rings. The lowest BCUT2D eigenvalue weighted by Crippen LogP contribution is -2.52. The van der Waals surface area contributed by atoms with Gasteiger partial charge in [0, 0.05) is 19.5 Å². The van der Waals surface area contributed by atoms with E-state index in [0.717, 1.165) is 12.1 Å². The summed E-state index contributed by atoms with van der Waals surface area (Å²) in [5.41, 5.74) is -0.00695. The predicted molar refractivity (Wildman–Crippen MR) is 110 cm³/mol. The molecule has 6 heteroatoms. The SMILES string of the molecule is CI.COc1ccccc1C[C@@](O)(c1cccc(F)c1)[C@H]1CNCCO1. The Morgan fingerprint density at radius 2 is 2.04 bits per heavy atom. The fraction of sp³-hybridized carbons (Fsp3) is 0.400. The second kappa shape index (κ2) is 10.2. The van der Waals surface area contributed by atoms with Crippen LogP contribution in [0.3, 0.4) is 0 Å². The van der Waals surface area contributed by atoms with Crippen LogP contribution < -0.4 is 10.1 Å². The minimum Gasteiger partial charge on any atom is -0.496 e. The predicted octanol–water partition coefficient (Wildman–Crippen LogP) is 3.30. The minimum absolute atomic E-state index is 0.271. The molecule has 0 radical (unpaired) electrons. The van der Waals surface area contributed by atoms with E-state index < -0.39 is 11.7 Å². The highest BCUT2D eigenvalue weighted by Gasteiger charge is 2.41. The second-order valence-corrected chi connectivity index (χ2v) is 5.99. The number of alkyl halides is 1. The van der Waals surface area contributed by atoms with Crippen molar-refractivity contribution in [2.45, 2.75) is 18.1 Å². The largest absolute Gasteiger partial charge is 0.496 e. The molecule has 0 saturated carbocycles. The highest BCUT2D eigenvalue weighted by molar-refractivity contribution is 14.1. The van der Waals surface area contributed by atoms with Crippen LogP contribution in [0.1, 0.15) is 11.1 Å². The van der Waals surface area contributed by atoms with Gasteiger partial charge in [-0.05, 0) is 34.3 Å². The summed E-state index contributed by atoms with van der Waals surface area (Å²) in [6.07, 6.45) is -0.203. The summed E-state index contributed by atoms with van der Waals surface area (Å²) in [6, 6.07) is 13.6. The summed E-state index contributed by atoms with van der Waals surface area (Å²) in [6.45, 7) is 1.75. The van der Waals surface area contributed by atoms with Gasteiger partial charge in [-0.1, -0.05) is 52.9 Å². The van der Waals surface area contributed by atoms with Crippen molar-refractivity contribution in [3.8, 4) is 5.75 Å². The normalized spacial score (nSPS) is 19.0. The molecule has 142 valence electrons. The van der Waals surface area contributed by atoms with Crippen LogP contribution in [-0.2, 0) is 16.8 Å². The first-order chi connectivity index (χ1) is 12.6. The van der Waals surface area contributed by atoms with Crippen molar-refractivity contribution in [1.82, 2.24) is 5.32 Å². The molecule has 0 unspecified atom stereocenters. The van der Waals surface area contributed by atoms with Gasteiger partial charge in [-0.25, -0.2) is 4.39 Å². The van der Waals surface area contributed by atoms with Crippen LogP contribution >= 0.6 is 22.6 Å². The lowest BCUT2D eigenvalue weighted by molar-refractivity contribution is -0.124. The van der Waals surface area contributed by atoms with Crippen molar-refractivity contribution >= 4 is 22.6 Å². The first-order valence-corrected chi connectivity index (χ1v) is 10.6. The van der Waals surface area contributed by atoms with Gasteiger partial charge in [0.2, 0.25) is 0 Å². The highest BCUT2D eigenvalue weighted by Crippen LogP contribution is 2.35. The molecule has 2 aromatic rings. The smallest absolute Gasteiger partial charge is 0.123 e. The molecule has 0 aliphatic carbocycles. The first-order valence-electron chi connectivity index (χ1n) is 8.44. The maximum absolute atomic E-state index is 13.8. The van der Waals surface area contributed by atoms with Crippen LogP contribution in [0.5, 0.6) is 5.75 Å². The van der Waals surface area contributed by atoms with E-state index in [1.165, 1.54) is 12.1 Å². The molecule has 0 amide bonds. The fourth-order valence-electron chi connectivity index (χ4n) is 3.17. The Morgan fingerprint density at radius 3 is 2.69 bits per heavy atom. The van der Waals surface area contributed by atoms with Gasteiger partial charge in [0.05, 0.1) is 13.7 Å². The third kappa shape index (κ3) is 4.94. The third-order valence-corrected chi connectivity index (χ3v) is 4.44. The Balaban J connectivity index is 0.00000117. The quantitative estimate of drug-likeness (QED) is 0.517. The maximum atomic E-state index is 13.8. The highest BCUT2D eigenvalue weighted by atomic mass is 127. The summed E-state index contributed by atoms with van der Waals surface area (Å²) in [4.78, 5) is 1.97. The van der Waals surface area contributed by atoms with Gasteiger partial charge in [-0.2, -0.15) is 0 Å². The monoisotopic (exact) mass is 473 g/mol. The van der Waals surface area contributed by atoms with Crippen LogP contribution in [0.15, 0.2) is 48.5 Å². The minimum atomic E-state index is -1.36. The Morgan fingerprint density at radius 1 is 1.27 bits per heavy atom. The molecule has 1 aliphatic heterocycles. The van der Waals surface area contributed by atoms with Crippen molar-refractivity contribution in [2.24, 2.45) is 0 Å². The number of aliphatic hydroxyl groups is 1. The number of rotatable bonds is 5. The number of methoxy groups -OCH3 is 1. The number of para-hydroxylation sites is 1. The van der Waals surface area contributed by atoms with Gasteiger partial charge >= 0.3 is 0 Å². The number of morpholine rings is 1. The fourth-order valence-corrected chi connectivity index (χ4v) is 3.17. The summed E-state index contributed by atoms with van der Waals surface area (Å²) >= 11 is 2.15. The van der Waals surface area contributed by atoms with E-state index in [2.05, 4.69) is 27.9 Å². The molecule has 0 spiro atoms. The molecule has 0 aromatic heterocycles. The van der Waals surface area contributed by atoms with E-state index in [1.54, 1.807) is 19.2 Å². The van der Waals surface area contributed by atoms with Crippen molar-refractivity contribution in [2.75, 3.05) is 31.7 Å². The summed E-state index contributed by atoms with van der Waals surface area (Å²) in [7, 11) is 1.60. The lowest BCUT2D eigenvalue weighted by atomic mass is 9.81. The molecular weight excluding hydrogens is 448 g/mol. The molecule has 3 rings (SSSR count). The van der Waals surface area contributed by atoms with Crippen LogP contribution in [0.25, 0.3) is 0 Å². The molecule has 2 atom stereocenters. The molecule has 2 N–H and O–H groups in total. The zero-order valence-electron chi connectivity index (χ0n) is 15.0. The van der Waals surface area contributed by atoms with E-state index in [0.29, 0.717) is 24.5 Å².